The Labute approximate surface area is 106 Å². The molecule has 0 N–H and O–H groups in total. The molecule has 90 valence electrons. The summed E-state index contributed by atoms with van der Waals surface area (Å²) in [6.07, 6.45) is 3.58. The number of hydrogen-bond donors (Lipinski definition) is 0. The van der Waals surface area contributed by atoms with Gasteiger partial charge in [0, 0.05) is 12.1 Å². The van der Waals surface area contributed by atoms with Crippen LogP contribution in [0.3, 0.4) is 0 Å². The lowest BCUT2D eigenvalue weighted by Crippen LogP contribution is -1.92. The van der Waals surface area contributed by atoms with Crippen LogP contribution in [0.4, 0.5) is 0 Å². The van der Waals surface area contributed by atoms with Gasteiger partial charge >= 0.3 is 0 Å². The third-order valence-corrected chi connectivity index (χ3v) is 2.81. The number of hydrogen-bond acceptors (Lipinski definition) is 2. The molecule has 1 aromatic heterocycles. The summed E-state index contributed by atoms with van der Waals surface area (Å²) in [5.74, 6) is 1.97. The van der Waals surface area contributed by atoms with E-state index in [1.54, 1.807) is 6.20 Å². The predicted molar refractivity (Wildman–Crippen MR) is 68.7 cm³/mol. The van der Waals surface area contributed by atoms with Gasteiger partial charge in [0.2, 0.25) is 0 Å². The minimum Gasteiger partial charge on any atom is -0.454 e. The van der Waals surface area contributed by atoms with Crippen molar-refractivity contribution in [2.75, 3.05) is 0 Å². The molecule has 0 atom stereocenters. The lowest BCUT2D eigenvalue weighted by atomic mass is 10.1. The molecule has 0 aliphatic heterocycles. The van der Waals surface area contributed by atoms with Crippen LogP contribution in [-0.4, -0.2) is 9.78 Å². The van der Waals surface area contributed by atoms with Crippen LogP contribution in [0.2, 0.25) is 0 Å². The Balaban J connectivity index is 2.23. The Morgan fingerprint density at radius 1 is 1.41 bits per heavy atom. The van der Waals surface area contributed by atoms with Gasteiger partial charge in [-0.15, -0.1) is 11.6 Å². The van der Waals surface area contributed by atoms with Crippen LogP contribution in [-0.2, 0) is 12.4 Å². The van der Waals surface area contributed by atoms with Gasteiger partial charge in [-0.05, 0) is 19.9 Å². The van der Waals surface area contributed by atoms with Gasteiger partial charge in [-0.2, -0.15) is 5.10 Å². The van der Waals surface area contributed by atoms with Gasteiger partial charge in [0.15, 0.2) is 5.75 Å². The van der Waals surface area contributed by atoms with Crippen LogP contribution in [0, 0.1) is 6.92 Å². The molecule has 3 nitrogen and oxygen atoms in total. The van der Waals surface area contributed by atoms with Crippen LogP contribution < -0.4 is 4.74 Å². The van der Waals surface area contributed by atoms with Crippen LogP contribution in [0.25, 0.3) is 0 Å². The molecule has 1 aromatic carbocycles. The van der Waals surface area contributed by atoms with Crippen molar-refractivity contribution in [1.29, 1.82) is 0 Å². The second-order valence-corrected chi connectivity index (χ2v) is 4.15. The largest absolute Gasteiger partial charge is 0.454 e. The Kier molecular flexibility index (Phi) is 3.69. The van der Waals surface area contributed by atoms with Gasteiger partial charge in [0.25, 0.3) is 0 Å². The second-order valence-electron chi connectivity index (χ2n) is 3.88. The molecule has 0 saturated carbocycles. The van der Waals surface area contributed by atoms with Crippen molar-refractivity contribution in [3.63, 3.8) is 0 Å². The minimum atomic E-state index is 0.443. The number of aromatic nitrogens is 2. The molecule has 0 amide bonds. The van der Waals surface area contributed by atoms with Crippen molar-refractivity contribution in [2.24, 2.45) is 0 Å². The van der Waals surface area contributed by atoms with E-state index in [4.69, 9.17) is 16.3 Å². The molecular weight excluding hydrogens is 236 g/mol. The van der Waals surface area contributed by atoms with Crippen molar-refractivity contribution in [3.8, 4) is 11.5 Å². The van der Waals surface area contributed by atoms with E-state index in [-0.39, 0.29) is 0 Å². The van der Waals surface area contributed by atoms with Crippen molar-refractivity contribution in [1.82, 2.24) is 9.78 Å². The van der Waals surface area contributed by atoms with Gasteiger partial charge in [-0.1, -0.05) is 17.7 Å². The highest BCUT2D eigenvalue weighted by Crippen LogP contribution is 2.27. The smallest absolute Gasteiger partial charge is 0.165 e. The number of alkyl halides is 1. The molecule has 0 fully saturated rings. The molecule has 0 bridgehead atoms. The Morgan fingerprint density at radius 3 is 2.88 bits per heavy atom. The fourth-order valence-corrected chi connectivity index (χ4v) is 1.82. The summed E-state index contributed by atoms with van der Waals surface area (Å²) in [6.45, 7) is 4.90. The zero-order valence-electron chi connectivity index (χ0n) is 9.98. The van der Waals surface area contributed by atoms with Crippen molar-refractivity contribution in [3.05, 3.63) is 41.7 Å². The maximum atomic E-state index is 5.90. The maximum Gasteiger partial charge on any atom is 0.165 e. The highest BCUT2D eigenvalue weighted by Gasteiger charge is 2.06. The third-order valence-electron chi connectivity index (χ3n) is 2.52. The molecule has 4 heteroatoms. The summed E-state index contributed by atoms with van der Waals surface area (Å²) in [5.41, 5.74) is 2.17. The number of rotatable bonds is 4. The van der Waals surface area contributed by atoms with Crippen LogP contribution in [0.1, 0.15) is 18.1 Å². The van der Waals surface area contributed by atoms with E-state index in [9.17, 15) is 0 Å². The Bertz CT molecular complexity index is 508. The summed E-state index contributed by atoms with van der Waals surface area (Å²) >= 11 is 5.90. The van der Waals surface area contributed by atoms with Crippen LogP contribution >= 0.6 is 11.6 Å². The van der Waals surface area contributed by atoms with Crippen molar-refractivity contribution >= 4 is 11.6 Å². The van der Waals surface area contributed by atoms with Gasteiger partial charge < -0.3 is 4.74 Å². The standard InChI is InChI=1S/C13H15ClN2O/c1-3-16-9-12(8-15-16)17-13-5-4-10(2)6-11(13)7-14/h4-6,8-9H,3,7H2,1-2H3. The predicted octanol–water partition coefficient (Wildman–Crippen LogP) is 3.74. The molecule has 0 radical (unpaired) electrons. The highest BCUT2D eigenvalue weighted by atomic mass is 35.5. The first-order valence-corrected chi connectivity index (χ1v) is 6.12. The average molecular weight is 251 g/mol. The number of ether oxygens (including phenoxy) is 1. The van der Waals surface area contributed by atoms with E-state index in [0.29, 0.717) is 5.88 Å². The summed E-state index contributed by atoms with van der Waals surface area (Å²) in [7, 11) is 0. The quantitative estimate of drug-likeness (QED) is 0.773. The lowest BCUT2D eigenvalue weighted by Gasteiger charge is -2.08. The number of nitrogens with zero attached hydrogens (tertiary/aromatic N) is 2. The van der Waals surface area contributed by atoms with E-state index in [1.807, 2.05) is 42.9 Å². The minimum absolute atomic E-state index is 0.443. The van der Waals surface area contributed by atoms with E-state index in [2.05, 4.69) is 5.10 Å². The molecule has 0 spiro atoms. The highest BCUT2D eigenvalue weighted by molar-refractivity contribution is 6.17. The van der Waals surface area contributed by atoms with E-state index in [0.717, 1.165) is 23.6 Å². The van der Waals surface area contributed by atoms with E-state index in [1.165, 1.54) is 5.56 Å². The van der Waals surface area contributed by atoms with Gasteiger partial charge in [0.1, 0.15) is 5.75 Å². The molecular formula is C13H15ClN2O. The molecule has 0 aliphatic rings. The normalized spacial score (nSPS) is 10.5. The SMILES string of the molecule is CCn1cc(Oc2ccc(C)cc2CCl)cn1. The van der Waals surface area contributed by atoms with Gasteiger partial charge in [-0.3, -0.25) is 4.68 Å². The monoisotopic (exact) mass is 250 g/mol. The maximum absolute atomic E-state index is 5.90. The summed E-state index contributed by atoms with van der Waals surface area (Å²) in [4.78, 5) is 0. The number of aryl methyl sites for hydroxylation is 2. The van der Waals surface area contributed by atoms with Crippen molar-refractivity contribution < 1.29 is 4.74 Å². The van der Waals surface area contributed by atoms with Crippen molar-refractivity contribution in [2.45, 2.75) is 26.3 Å². The fraction of sp³-hybridized carbons (Fsp3) is 0.308. The Morgan fingerprint density at radius 2 is 2.24 bits per heavy atom. The van der Waals surface area contributed by atoms with Crippen LogP contribution in [0.5, 0.6) is 11.5 Å². The van der Waals surface area contributed by atoms with E-state index >= 15 is 0 Å². The number of benzene rings is 1. The fourth-order valence-electron chi connectivity index (χ4n) is 1.61. The lowest BCUT2D eigenvalue weighted by molar-refractivity contribution is 0.477. The second kappa shape index (κ2) is 5.23. The van der Waals surface area contributed by atoms with Gasteiger partial charge in [0.05, 0.1) is 18.3 Å². The first kappa shape index (κ1) is 12.0. The summed E-state index contributed by atoms with van der Waals surface area (Å²) < 4.78 is 7.59. The van der Waals surface area contributed by atoms with Crippen LogP contribution in [0.15, 0.2) is 30.6 Å². The molecule has 0 unspecified atom stereocenters. The molecule has 17 heavy (non-hydrogen) atoms. The zero-order valence-corrected chi connectivity index (χ0v) is 10.7. The first-order chi connectivity index (χ1) is 8.22. The molecule has 2 rings (SSSR count). The summed E-state index contributed by atoms with van der Waals surface area (Å²) in [6, 6.07) is 5.98. The number of halogens is 1. The first-order valence-electron chi connectivity index (χ1n) is 5.58. The molecule has 0 aliphatic carbocycles. The van der Waals surface area contributed by atoms with Gasteiger partial charge in [-0.25, -0.2) is 0 Å². The summed E-state index contributed by atoms with van der Waals surface area (Å²) in [5, 5.41) is 4.16. The Hall–Kier alpha value is -1.48. The zero-order chi connectivity index (χ0) is 12.3. The molecule has 0 saturated heterocycles. The molecule has 1 heterocycles. The molecule has 2 aromatic rings. The average Bonchev–Trinajstić information content (AvgIpc) is 2.79. The third kappa shape index (κ3) is 2.80. The van der Waals surface area contributed by atoms with E-state index < -0.39 is 0 Å². The topological polar surface area (TPSA) is 27.1 Å².